The van der Waals surface area contributed by atoms with Crippen LogP contribution in [0.5, 0.6) is 5.75 Å². The van der Waals surface area contributed by atoms with Crippen LogP contribution in [0, 0.1) is 0 Å². The van der Waals surface area contributed by atoms with Crippen molar-refractivity contribution in [2.75, 3.05) is 26.1 Å². The molecule has 0 aliphatic heterocycles. The Bertz CT molecular complexity index is 412. The minimum absolute atomic E-state index is 0.0194. The SMILES string of the molecule is CCN(CCCCl)C(=O)c1ccc(OC)c(Br)c1. The smallest absolute Gasteiger partial charge is 0.253 e. The van der Waals surface area contributed by atoms with E-state index in [0.717, 1.165) is 16.6 Å². The van der Waals surface area contributed by atoms with E-state index in [9.17, 15) is 4.79 Å². The van der Waals surface area contributed by atoms with Gasteiger partial charge < -0.3 is 9.64 Å². The van der Waals surface area contributed by atoms with Gasteiger partial charge in [0.15, 0.2) is 0 Å². The summed E-state index contributed by atoms with van der Waals surface area (Å²) in [6, 6.07) is 5.34. The lowest BCUT2D eigenvalue weighted by Gasteiger charge is -2.20. The summed E-state index contributed by atoms with van der Waals surface area (Å²) in [6.45, 7) is 3.33. The first kappa shape index (κ1) is 15.3. The van der Waals surface area contributed by atoms with Crippen molar-refractivity contribution in [3.63, 3.8) is 0 Å². The average molecular weight is 335 g/mol. The van der Waals surface area contributed by atoms with Crippen molar-refractivity contribution < 1.29 is 9.53 Å². The van der Waals surface area contributed by atoms with E-state index in [1.165, 1.54) is 0 Å². The van der Waals surface area contributed by atoms with Gasteiger partial charge in [0, 0.05) is 24.5 Å². The van der Waals surface area contributed by atoms with Gasteiger partial charge >= 0.3 is 0 Å². The summed E-state index contributed by atoms with van der Waals surface area (Å²) in [4.78, 5) is 14.0. The molecule has 0 fully saturated rings. The molecule has 0 atom stereocenters. The van der Waals surface area contributed by atoms with Crippen LogP contribution >= 0.6 is 27.5 Å². The lowest BCUT2D eigenvalue weighted by atomic mass is 10.2. The molecule has 1 amide bonds. The molecular weight excluding hydrogens is 318 g/mol. The number of rotatable bonds is 6. The molecule has 0 saturated carbocycles. The van der Waals surface area contributed by atoms with Gasteiger partial charge in [-0.1, -0.05) is 0 Å². The third-order valence-corrected chi connectivity index (χ3v) is 3.52. The quantitative estimate of drug-likeness (QED) is 0.745. The number of carbonyl (C=O) groups is 1. The highest BCUT2D eigenvalue weighted by atomic mass is 79.9. The second-order valence-electron chi connectivity index (χ2n) is 3.78. The zero-order valence-electron chi connectivity index (χ0n) is 10.6. The van der Waals surface area contributed by atoms with Crippen LogP contribution in [0.1, 0.15) is 23.7 Å². The van der Waals surface area contributed by atoms with Crippen molar-refractivity contribution >= 4 is 33.4 Å². The van der Waals surface area contributed by atoms with Crippen LogP contribution in [0.3, 0.4) is 0 Å². The largest absolute Gasteiger partial charge is 0.496 e. The maximum absolute atomic E-state index is 12.3. The number of amides is 1. The van der Waals surface area contributed by atoms with E-state index in [0.29, 0.717) is 24.5 Å². The fourth-order valence-corrected chi connectivity index (χ4v) is 2.30. The van der Waals surface area contributed by atoms with E-state index >= 15 is 0 Å². The Morgan fingerprint density at radius 2 is 2.22 bits per heavy atom. The van der Waals surface area contributed by atoms with Gasteiger partial charge in [0.1, 0.15) is 5.75 Å². The maximum Gasteiger partial charge on any atom is 0.253 e. The minimum Gasteiger partial charge on any atom is -0.496 e. The van der Waals surface area contributed by atoms with E-state index in [2.05, 4.69) is 15.9 Å². The third-order valence-electron chi connectivity index (χ3n) is 2.63. The normalized spacial score (nSPS) is 10.2. The molecule has 0 unspecified atom stereocenters. The zero-order valence-corrected chi connectivity index (χ0v) is 12.9. The van der Waals surface area contributed by atoms with Crippen LogP contribution < -0.4 is 4.74 Å². The van der Waals surface area contributed by atoms with Crippen LogP contribution in [0.25, 0.3) is 0 Å². The molecular formula is C13H17BrClNO2. The second kappa shape index (κ2) is 7.64. The van der Waals surface area contributed by atoms with Crippen molar-refractivity contribution in [3.05, 3.63) is 28.2 Å². The Labute approximate surface area is 121 Å². The Kier molecular flexibility index (Phi) is 6.50. The molecule has 0 aromatic heterocycles. The van der Waals surface area contributed by atoms with Crippen molar-refractivity contribution in [3.8, 4) is 5.75 Å². The van der Waals surface area contributed by atoms with E-state index in [1.54, 1.807) is 30.2 Å². The Morgan fingerprint density at radius 1 is 1.50 bits per heavy atom. The van der Waals surface area contributed by atoms with Gasteiger partial charge in [0.25, 0.3) is 5.91 Å². The summed E-state index contributed by atoms with van der Waals surface area (Å²) in [5, 5.41) is 0. The minimum atomic E-state index is 0.0194. The highest BCUT2D eigenvalue weighted by molar-refractivity contribution is 9.10. The molecule has 5 heteroatoms. The number of hydrogen-bond acceptors (Lipinski definition) is 2. The number of benzene rings is 1. The summed E-state index contributed by atoms with van der Waals surface area (Å²) < 4.78 is 5.92. The van der Waals surface area contributed by atoms with Crippen molar-refractivity contribution in [1.82, 2.24) is 4.90 Å². The predicted molar refractivity (Wildman–Crippen MR) is 77.6 cm³/mol. The second-order valence-corrected chi connectivity index (χ2v) is 5.01. The van der Waals surface area contributed by atoms with Gasteiger partial charge in [0.2, 0.25) is 0 Å². The third kappa shape index (κ3) is 3.89. The maximum atomic E-state index is 12.3. The molecule has 0 aliphatic carbocycles. The van der Waals surface area contributed by atoms with E-state index in [-0.39, 0.29) is 5.91 Å². The summed E-state index contributed by atoms with van der Waals surface area (Å²) in [5.74, 6) is 1.30. The van der Waals surface area contributed by atoms with Crippen LogP contribution in [-0.2, 0) is 0 Å². The van der Waals surface area contributed by atoms with Gasteiger partial charge in [0.05, 0.1) is 11.6 Å². The van der Waals surface area contributed by atoms with Gasteiger partial charge in [-0.3, -0.25) is 4.79 Å². The van der Waals surface area contributed by atoms with E-state index < -0.39 is 0 Å². The summed E-state index contributed by atoms with van der Waals surface area (Å²) in [7, 11) is 1.60. The molecule has 0 radical (unpaired) electrons. The predicted octanol–water partition coefficient (Wildman–Crippen LogP) is 3.55. The van der Waals surface area contributed by atoms with Gasteiger partial charge in [-0.2, -0.15) is 0 Å². The van der Waals surface area contributed by atoms with Crippen molar-refractivity contribution in [1.29, 1.82) is 0 Å². The lowest BCUT2D eigenvalue weighted by Crippen LogP contribution is -2.32. The topological polar surface area (TPSA) is 29.5 Å². The highest BCUT2D eigenvalue weighted by Gasteiger charge is 2.15. The van der Waals surface area contributed by atoms with Crippen LogP contribution in [0.2, 0.25) is 0 Å². The fourth-order valence-electron chi connectivity index (χ4n) is 1.64. The number of carbonyl (C=O) groups excluding carboxylic acids is 1. The molecule has 1 aromatic rings. The molecule has 3 nitrogen and oxygen atoms in total. The van der Waals surface area contributed by atoms with Gasteiger partial charge in [-0.05, 0) is 47.5 Å². The molecule has 18 heavy (non-hydrogen) atoms. The average Bonchev–Trinajstić information content (AvgIpc) is 2.39. The molecule has 0 saturated heterocycles. The Morgan fingerprint density at radius 3 is 2.72 bits per heavy atom. The number of ether oxygens (including phenoxy) is 1. The number of nitrogens with zero attached hydrogens (tertiary/aromatic N) is 1. The summed E-state index contributed by atoms with van der Waals surface area (Å²) in [6.07, 6.45) is 0.804. The molecule has 0 spiro atoms. The molecule has 1 rings (SSSR count). The molecule has 0 N–H and O–H groups in total. The Hall–Kier alpha value is -0.740. The number of halogens is 2. The molecule has 100 valence electrons. The first-order valence-corrected chi connectivity index (χ1v) is 7.15. The highest BCUT2D eigenvalue weighted by Crippen LogP contribution is 2.26. The number of hydrogen-bond donors (Lipinski definition) is 0. The fraction of sp³-hybridized carbons (Fsp3) is 0.462. The standard InChI is InChI=1S/C13H17BrClNO2/c1-3-16(8-4-7-15)13(17)10-5-6-12(18-2)11(14)9-10/h5-6,9H,3-4,7-8H2,1-2H3. The number of methoxy groups -OCH3 is 1. The summed E-state index contributed by atoms with van der Waals surface area (Å²) in [5.41, 5.74) is 0.652. The van der Waals surface area contributed by atoms with Crippen molar-refractivity contribution in [2.24, 2.45) is 0 Å². The van der Waals surface area contributed by atoms with E-state index in [4.69, 9.17) is 16.3 Å². The van der Waals surface area contributed by atoms with E-state index in [1.807, 2.05) is 6.92 Å². The summed E-state index contributed by atoms with van der Waals surface area (Å²) >= 11 is 9.04. The zero-order chi connectivity index (χ0) is 13.5. The van der Waals surface area contributed by atoms with Gasteiger partial charge in [-0.25, -0.2) is 0 Å². The first-order chi connectivity index (χ1) is 8.63. The van der Waals surface area contributed by atoms with Crippen LogP contribution in [0.15, 0.2) is 22.7 Å². The van der Waals surface area contributed by atoms with Crippen LogP contribution in [-0.4, -0.2) is 36.9 Å². The molecule has 1 aromatic carbocycles. The van der Waals surface area contributed by atoms with Gasteiger partial charge in [-0.15, -0.1) is 11.6 Å². The molecule has 0 bridgehead atoms. The Balaban J connectivity index is 2.84. The monoisotopic (exact) mass is 333 g/mol. The number of alkyl halides is 1. The molecule has 0 aliphatic rings. The van der Waals surface area contributed by atoms with Crippen LogP contribution in [0.4, 0.5) is 0 Å². The van der Waals surface area contributed by atoms with Crippen molar-refractivity contribution in [2.45, 2.75) is 13.3 Å². The lowest BCUT2D eigenvalue weighted by molar-refractivity contribution is 0.0764. The molecule has 0 heterocycles. The first-order valence-electron chi connectivity index (χ1n) is 5.82.